The third kappa shape index (κ3) is 1.98. The smallest absolute Gasteiger partial charge is 0.106 e. The lowest BCUT2D eigenvalue weighted by Gasteiger charge is -2.47. The Bertz CT molecular complexity index is 540. The van der Waals surface area contributed by atoms with Crippen molar-refractivity contribution in [2.45, 2.75) is 76.2 Å². The maximum Gasteiger partial charge on any atom is 0.106 e. The van der Waals surface area contributed by atoms with Crippen molar-refractivity contribution in [3.05, 3.63) is 23.3 Å². The molecule has 0 amide bonds. The maximum atomic E-state index is 14.4. The zero-order valence-electron chi connectivity index (χ0n) is 13.4. The summed E-state index contributed by atoms with van der Waals surface area (Å²) in [6.45, 7) is 2.02. The lowest BCUT2D eigenvalue weighted by molar-refractivity contribution is -0.0583. The summed E-state index contributed by atoms with van der Waals surface area (Å²) in [5.41, 5.74) is 1.06. The van der Waals surface area contributed by atoms with Gasteiger partial charge in [0.15, 0.2) is 0 Å². The quantitative estimate of drug-likeness (QED) is 0.716. The van der Waals surface area contributed by atoms with Gasteiger partial charge in [0.1, 0.15) is 6.17 Å². The van der Waals surface area contributed by atoms with Crippen LogP contribution in [0.3, 0.4) is 0 Å². The molecule has 0 bridgehead atoms. The average molecular weight is 306 g/mol. The van der Waals surface area contributed by atoms with Gasteiger partial charge in [-0.25, -0.2) is 4.39 Å². The summed E-state index contributed by atoms with van der Waals surface area (Å²) in [5, 5.41) is 21.4. The predicted molar refractivity (Wildman–Crippen MR) is 84.0 cm³/mol. The third-order valence-electron chi connectivity index (χ3n) is 7.12. The van der Waals surface area contributed by atoms with E-state index in [2.05, 4.69) is 12.2 Å². The van der Waals surface area contributed by atoms with Gasteiger partial charge in [0.25, 0.3) is 0 Å². The molecule has 2 saturated carbocycles. The summed E-state index contributed by atoms with van der Waals surface area (Å²) >= 11 is 0. The van der Waals surface area contributed by atoms with Crippen molar-refractivity contribution in [1.82, 2.24) is 0 Å². The fraction of sp³-hybridized carbons (Fsp3) is 0.789. The van der Waals surface area contributed by atoms with Gasteiger partial charge in [0.05, 0.1) is 11.7 Å². The minimum Gasteiger partial charge on any atom is -0.393 e. The number of alkyl halides is 1. The highest BCUT2D eigenvalue weighted by Gasteiger charge is 2.58. The SMILES string of the molecule is CC12CC=C3C=C4CC(O)CCC4CC[C@]3(O)C1CCC2F. The summed E-state index contributed by atoms with van der Waals surface area (Å²) in [6.07, 6.45) is 9.67. The van der Waals surface area contributed by atoms with E-state index in [4.69, 9.17) is 0 Å². The molecule has 6 atom stereocenters. The van der Waals surface area contributed by atoms with Crippen molar-refractivity contribution in [3.8, 4) is 0 Å². The van der Waals surface area contributed by atoms with Crippen molar-refractivity contribution in [1.29, 1.82) is 0 Å². The van der Waals surface area contributed by atoms with E-state index in [1.807, 2.05) is 6.92 Å². The Kier molecular flexibility index (Phi) is 3.32. The van der Waals surface area contributed by atoms with Gasteiger partial charge in [-0.3, -0.25) is 0 Å². The van der Waals surface area contributed by atoms with Crippen molar-refractivity contribution < 1.29 is 14.6 Å². The normalized spacial score (nSPS) is 51.1. The average Bonchev–Trinajstić information content (AvgIpc) is 2.70. The van der Waals surface area contributed by atoms with Crippen molar-refractivity contribution in [3.63, 3.8) is 0 Å². The van der Waals surface area contributed by atoms with E-state index in [1.165, 1.54) is 5.57 Å². The van der Waals surface area contributed by atoms with Crippen LogP contribution < -0.4 is 0 Å². The molecule has 5 unspecified atom stereocenters. The molecule has 0 spiro atoms. The van der Waals surface area contributed by atoms with Gasteiger partial charge in [0.2, 0.25) is 0 Å². The highest BCUT2D eigenvalue weighted by Crippen LogP contribution is 2.59. The van der Waals surface area contributed by atoms with Crippen LogP contribution in [0.15, 0.2) is 23.3 Å². The number of aliphatic hydroxyl groups excluding tert-OH is 1. The molecule has 2 nitrogen and oxygen atoms in total. The number of rotatable bonds is 0. The monoisotopic (exact) mass is 306 g/mol. The van der Waals surface area contributed by atoms with Crippen LogP contribution in [0.25, 0.3) is 0 Å². The van der Waals surface area contributed by atoms with Crippen LogP contribution in [0.5, 0.6) is 0 Å². The second-order valence-corrected chi connectivity index (χ2v) is 8.28. The molecule has 4 aliphatic carbocycles. The Labute approximate surface area is 132 Å². The molecule has 4 aliphatic rings. The highest BCUT2D eigenvalue weighted by molar-refractivity contribution is 5.40. The number of hydrogen-bond donors (Lipinski definition) is 2. The van der Waals surface area contributed by atoms with Crippen molar-refractivity contribution >= 4 is 0 Å². The first kappa shape index (κ1) is 14.9. The molecule has 3 heteroatoms. The molecule has 0 aromatic carbocycles. The first-order valence-corrected chi connectivity index (χ1v) is 8.89. The van der Waals surface area contributed by atoms with Crippen LogP contribution in [-0.2, 0) is 0 Å². The summed E-state index contributed by atoms with van der Waals surface area (Å²) in [6, 6.07) is 0. The molecule has 4 rings (SSSR count). The number of aliphatic hydroxyl groups is 2. The summed E-state index contributed by atoms with van der Waals surface area (Å²) in [5.74, 6) is 0.532. The molecular formula is C19H27FO2. The fourth-order valence-corrected chi connectivity index (χ4v) is 5.68. The molecule has 0 aliphatic heterocycles. The minimum atomic E-state index is -0.858. The van der Waals surface area contributed by atoms with Gasteiger partial charge in [-0.15, -0.1) is 0 Å². The second-order valence-electron chi connectivity index (χ2n) is 8.28. The van der Waals surface area contributed by atoms with E-state index >= 15 is 0 Å². The number of fused-ring (bicyclic) bond motifs is 4. The van der Waals surface area contributed by atoms with E-state index in [1.54, 1.807) is 0 Å². The van der Waals surface area contributed by atoms with Crippen molar-refractivity contribution in [2.24, 2.45) is 17.3 Å². The van der Waals surface area contributed by atoms with Crippen LogP contribution in [0, 0.1) is 17.3 Å². The predicted octanol–water partition coefficient (Wildman–Crippen LogP) is 3.68. The van der Waals surface area contributed by atoms with E-state index < -0.39 is 17.2 Å². The Morgan fingerprint density at radius 2 is 2.00 bits per heavy atom. The Hall–Kier alpha value is -0.670. The zero-order valence-corrected chi connectivity index (χ0v) is 13.4. The fourth-order valence-electron chi connectivity index (χ4n) is 5.68. The molecule has 22 heavy (non-hydrogen) atoms. The van der Waals surface area contributed by atoms with Crippen LogP contribution in [0.1, 0.15) is 58.3 Å². The number of hydrogen-bond acceptors (Lipinski definition) is 2. The Balaban J connectivity index is 1.73. The molecule has 0 radical (unpaired) electrons. The number of halogens is 1. The topological polar surface area (TPSA) is 40.5 Å². The van der Waals surface area contributed by atoms with Gasteiger partial charge in [0, 0.05) is 11.3 Å². The van der Waals surface area contributed by atoms with Crippen LogP contribution in [-0.4, -0.2) is 28.1 Å². The van der Waals surface area contributed by atoms with Crippen LogP contribution in [0.4, 0.5) is 4.39 Å². The first-order chi connectivity index (χ1) is 10.4. The van der Waals surface area contributed by atoms with Gasteiger partial charge < -0.3 is 10.2 Å². The van der Waals surface area contributed by atoms with Crippen LogP contribution >= 0.6 is 0 Å². The molecule has 0 saturated heterocycles. The van der Waals surface area contributed by atoms with Gasteiger partial charge in [-0.1, -0.05) is 24.6 Å². The molecular weight excluding hydrogens is 279 g/mol. The lowest BCUT2D eigenvalue weighted by atomic mass is 9.61. The van der Waals surface area contributed by atoms with E-state index in [0.29, 0.717) is 12.3 Å². The van der Waals surface area contributed by atoms with E-state index in [-0.39, 0.29) is 12.0 Å². The summed E-state index contributed by atoms with van der Waals surface area (Å²) in [4.78, 5) is 0. The molecule has 122 valence electrons. The molecule has 2 N–H and O–H groups in total. The second kappa shape index (κ2) is 4.91. The lowest BCUT2D eigenvalue weighted by Crippen LogP contribution is -2.49. The van der Waals surface area contributed by atoms with E-state index in [0.717, 1.165) is 50.5 Å². The summed E-state index contributed by atoms with van der Waals surface area (Å²) in [7, 11) is 0. The van der Waals surface area contributed by atoms with Crippen LogP contribution in [0.2, 0.25) is 0 Å². The Morgan fingerprint density at radius 1 is 1.18 bits per heavy atom. The maximum absolute atomic E-state index is 14.4. The largest absolute Gasteiger partial charge is 0.393 e. The number of allylic oxidation sites excluding steroid dienone is 1. The Morgan fingerprint density at radius 3 is 2.82 bits per heavy atom. The standard InChI is InChI=1S/C19H27FO2/c1-18-8-7-14-10-13-11-15(21)3-2-12(13)6-9-19(14,22)16(18)4-5-17(18)20/h7,10,12,15-17,21-22H,2-6,8-9,11H2,1H3/t12?,15?,16?,17?,18?,19-/m1/s1. The third-order valence-corrected chi connectivity index (χ3v) is 7.12. The van der Waals surface area contributed by atoms with E-state index in [9.17, 15) is 14.6 Å². The van der Waals surface area contributed by atoms with Gasteiger partial charge in [-0.05, 0) is 62.9 Å². The zero-order chi connectivity index (χ0) is 15.5. The molecule has 0 aromatic rings. The van der Waals surface area contributed by atoms with Crippen molar-refractivity contribution in [2.75, 3.05) is 0 Å². The van der Waals surface area contributed by atoms with Gasteiger partial charge >= 0.3 is 0 Å². The summed E-state index contributed by atoms with van der Waals surface area (Å²) < 4.78 is 14.4. The first-order valence-electron chi connectivity index (χ1n) is 8.89. The minimum absolute atomic E-state index is 0.0388. The molecule has 2 fully saturated rings. The highest BCUT2D eigenvalue weighted by atomic mass is 19.1. The molecule has 0 aromatic heterocycles. The molecule has 0 heterocycles. The van der Waals surface area contributed by atoms with Gasteiger partial charge in [-0.2, -0.15) is 0 Å².